The summed E-state index contributed by atoms with van der Waals surface area (Å²) in [5.41, 5.74) is 6.16. The zero-order valence-corrected chi connectivity index (χ0v) is 9.32. The topological polar surface area (TPSA) is 52.3 Å². The van der Waals surface area contributed by atoms with Crippen LogP contribution >= 0.6 is 0 Å². The number of hydrogen-bond acceptors (Lipinski definition) is 3. The molecule has 3 nitrogen and oxygen atoms in total. The van der Waals surface area contributed by atoms with Crippen LogP contribution in [0.25, 0.3) is 0 Å². The van der Waals surface area contributed by atoms with Crippen LogP contribution in [0, 0.1) is 5.41 Å². The van der Waals surface area contributed by atoms with E-state index < -0.39 is 5.41 Å². The van der Waals surface area contributed by atoms with Gasteiger partial charge in [-0.1, -0.05) is 30.3 Å². The van der Waals surface area contributed by atoms with Crippen LogP contribution in [0.2, 0.25) is 0 Å². The van der Waals surface area contributed by atoms with Crippen molar-refractivity contribution < 1.29 is 9.53 Å². The monoisotopic (exact) mass is 219 g/mol. The summed E-state index contributed by atoms with van der Waals surface area (Å²) in [6, 6.07) is 9.40. The molecular weight excluding hydrogens is 202 g/mol. The van der Waals surface area contributed by atoms with Gasteiger partial charge in [0.05, 0.1) is 5.41 Å². The van der Waals surface area contributed by atoms with E-state index in [-0.39, 0.29) is 5.78 Å². The highest BCUT2D eigenvalue weighted by Crippen LogP contribution is 2.33. The van der Waals surface area contributed by atoms with E-state index in [2.05, 4.69) is 0 Å². The minimum atomic E-state index is -0.403. The molecule has 1 saturated heterocycles. The highest BCUT2D eigenvalue weighted by atomic mass is 16.5. The predicted octanol–water partition coefficient (Wildman–Crippen LogP) is 1.62. The Bertz CT molecular complexity index is 355. The van der Waals surface area contributed by atoms with Gasteiger partial charge in [0.2, 0.25) is 0 Å². The lowest BCUT2D eigenvalue weighted by Crippen LogP contribution is -2.43. The molecule has 0 bridgehead atoms. The lowest BCUT2D eigenvalue weighted by molar-refractivity contribution is 0.0200. The lowest BCUT2D eigenvalue weighted by atomic mass is 9.74. The van der Waals surface area contributed by atoms with Crippen molar-refractivity contribution in [1.82, 2.24) is 0 Å². The van der Waals surface area contributed by atoms with Gasteiger partial charge in [0.25, 0.3) is 0 Å². The van der Waals surface area contributed by atoms with E-state index in [0.717, 1.165) is 18.4 Å². The molecule has 0 aliphatic carbocycles. The predicted molar refractivity (Wildman–Crippen MR) is 62.3 cm³/mol. The summed E-state index contributed by atoms with van der Waals surface area (Å²) in [7, 11) is 0. The second kappa shape index (κ2) is 4.76. The summed E-state index contributed by atoms with van der Waals surface area (Å²) in [6.07, 6.45) is 1.47. The summed E-state index contributed by atoms with van der Waals surface area (Å²) in [4.78, 5) is 12.4. The summed E-state index contributed by atoms with van der Waals surface area (Å²) in [6.45, 7) is 1.68. The van der Waals surface area contributed by atoms with Crippen molar-refractivity contribution >= 4 is 5.78 Å². The minimum absolute atomic E-state index is 0.166. The number of Topliss-reactive ketones (excluding diaryl/α,β-unsaturated/α-hetero) is 1. The van der Waals surface area contributed by atoms with E-state index in [9.17, 15) is 4.79 Å². The fraction of sp³-hybridized carbons (Fsp3) is 0.462. The van der Waals surface area contributed by atoms with Crippen molar-refractivity contribution in [3.8, 4) is 0 Å². The first-order chi connectivity index (χ1) is 7.78. The van der Waals surface area contributed by atoms with Gasteiger partial charge in [-0.2, -0.15) is 0 Å². The Balaban J connectivity index is 2.24. The number of rotatable bonds is 3. The highest BCUT2D eigenvalue weighted by molar-refractivity contribution is 6.00. The normalized spacial score (nSPS) is 19.3. The van der Waals surface area contributed by atoms with Crippen molar-refractivity contribution in [2.75, 3.05) is 19.8 Å². The minimum Gasteiger partial charge on any atom is -0.381 e. The van der Waals surface area contributed by atoms with E-state index >= 15 is 0 Å². The summed E-state index contributed by atoms with van der Waals surface area (Å²) in [5.74, 6) is 0.166. The molecule has 1 heterocycles. The number of carbonyl (C=O) groups is 1. The Morgan fingerprint density at radius 1 is 1.25 bits per heavy atom. The quantitative estimate of drug-likeness (QED) is 0.786. The molecular formula is C13H17NO2. The SMILES string of the molecule is NCC1(C(=O)c2ccccc2)CCOCC1. The molecule has 1 aromatic rings. The number of benzene rings is 1. The van der Waals surface area contributed by atoms with Gasteiger partial charge in [-0.15, -0.1) is 0 Å². The molecule has 0 amide bonds. The Morgan fingerprint density at radius 3 is 2.44 bits per heavy atom. The first-order valence-corrected chi connectivity index (χ1v) is 5.66. The van der Waals surface area contributed by atoms with Crippen molar-refractivity contribution in [2.45, 2.75) is 12.8 Å². The van der Waals surface area contributed by atoms with Gasteiger partial charge in [0, 0.05) is 25.3 Å². The molecule has 1 aliphatic heterocycles. The van der Waals surface area contributed by atoms with Crippen molar-refractivity contribution in [3.05, 3.63) is 35.9 Å². The van der Waals surface area contributed by atoms with Crippen LogP contribution < -0.4 is 5.73 Å². The van der Waals surface area contributed by atoms with Crippen LogP contribution in [0.1, 0.15) is 23.2 Å². The van der Waals surface area contributed by atoms with E-state index in [1.807, 2.05) is 30.3 Å². The molecule has 1 aliphatic rings. The van der Waals surface area contributed by atoms with Crippen LogP contribution in [0.5, 0.6) is 0 Å². The van der Waals surface area contributed by atoms with Gasteiger partial charge in [-0.25, -0.2) is 0 Å². The van der Waals surface area contributed by atoms with Crippen LogP contribution in [0.15, 0.2) is 30.3 Å². The van der Waals surface area contributed by atoms with Crippen LogP contribution in [0.3, 0.4) is 0 Å². The van der Waals surface area contributed by atoms with Gasteiger partial charge >= 0.3 is 0 Å². The third kappa shape index (κ3) is 2.01. The molecule has 0 aromatic heterocycles. The first-order valence-electron chi connectivity index (χ1n) is 5.66. The van der Waals surface area contributed by atoms with Crippen LogP contribution in [-0.2, 0) is 4.74 Å². The molecule has 1 aromatic carbocycles. The maximum atomic E-state index is 12.4. The van der Waals surface area contributed by atoms with E-state index in [1.165, 1.54) is 0 Å². The van der Waals surface area contributed by atoms with Crippen LogP contribution in [-0.4, -0.2) is 25.5 Å². The van der Waals surface area contributed by atoms with Crippen molar-refractivity contribution in [1.29, 1.82) is 0 Å². The standard InChI is InChI=1S/C13H17NO2/c14-10-13(6-8-16-9-7-13)12(15)11-4-2-1-3-5-11/h1-5H,6-10,14H2. The van der Waals surface area contributed by atoms with Gasteiger partial charge in [-0.05, 0) is 12.8 Å². The third-order valence-corrected chi connectivity index (χ3v) is 3.36. The Hall–Kier alpha value is -1.19. The molecule has 0 unspecified atom stereocenters. The molecule has 2 N–H and O–H groups in total. The second-order valence-corrected chi connectivity index (χ2v) is 4.29. The zero-order valence-electron chi connectivity index (χ0n) is 9.32. The van der Waals surface area contributed by atoms with Gasteiger partial charge < -0.3 is 10.5 Å². The number of nitrogens with two attached hydrogens (primary N) is 1. The maximum Gasteiger partial charge on any atom is 0.170 e. The smallest absolute Gasteiger partial charge is 0.170 e. The summed E-state index contributed by atoms with van der Waals surface area (Å²) < 4.78 is 5.30. The fourth-order valence-corrected chi connectivity index (χ4v) is 2.18. The summed E-state index contributed by atoms with van der Waals surface area (Å²) >= 11 is 0. The first kappa shape index (κ1) is 11.3. The fourth-order valence-electron chi connectivity index (χ4n) is 2.18. The largest absolute Gasteiger partial charge is 0.381 e. The van der Waals surface area contributed by atoms with Gasteiger partial charge in [0.15, 0.2) is 5.78 Å². The average molecular weight is 219 g/mol. The van der Waals surface area contributed by atoms with E-state index in [0.29, 0.717) is 19.8 Å². The molecule has 16 heavy (non-hydrogen) atoms. The van der Waals surface area contributed by atoms with Crippen molar-refractivity contribution in [3.63, 3.8) is 0 Å². The third-order valence-electron chi connectivity index (χ3n) is 3.36. The molecule has 0 radical (unpaired) electrons. The Morgan fingerprint density at radius 2 is 1.88 bits per heavy atom. The lowest BCUT2D eigenvalue weighted by Gasteiger charge is -2.34. The molecule has 86 valence electrons. The average Bonchev–Trinajstić information content (AvgIpc) is 2.39. The van der Waals surface area contributed by atoms with Crippen molar-refractivity contribution in [2.24, 2.45) is 11.1 Å². The zero-order chi connectivity index (χ0) is 11.4. The number of ketones is 1. The number of hydrogen-bond donors (Lipinski definition) is 1. The molecule has 1 fully saturated rings. The molecule has 2 rings (SSSR count). The highest BCUT2D eigenvalue weighted by Gasteiger charge is 2.38. The van der Waals surface area contributed by atoms with Crippen LogP contribution in [0.4, 0.5) is 0 Å². The van der Waals surface area contributed by atoms with Gasteiger partial charge in [0.1, 0.15) is 0 Å². The molecule has 0 atom stereocenters. The number of ether oxygens (including phenoxy) is 1. The molecule has 0 spiro atoms. The van der Waals surface area contributed by atoms with Gasteiger partial charge in [-0.3, -0.25) is 4.79 Å². The summed E-state index contributed by atoms with van der Waals surface area (Å²) in [5, 5.41) is 0. The Labute approximate surface area is 95.6 Å². The van der Waals surface area contributed by atoms with E-state index in [4.69, 9.17) is 10.5 Å². The Kier molecular flexibility index (Phi) is 3.36. The van der Waals surface area contributed by atoms with E-state index in [1.54, 1.807) is 0 Å². The second-order valence-electron chi connectivity index (χ2n) is 4.29. The maximum absolute atomic E-state index is 12.4. The number of carbonyl (C=O) groups excluding carboxylic acids is 1. The molecule has 3 heteroatoms. The molecule has 0 saturated carbocycles.